The molecule has 1 saturated carbocycles. The van der Waals surface area contributed by atoms with E-state index in [2.05, 4.69) is 5.10 Å². The van der Waals surface area contributed by atoms with Gasteiger partial charge in [-0.3, -0.25) is 4.68 Å². The first kappa shape index (κ1) is 11.3. The predicted molar refractivity (Wildman–Crippen MR) is 49.7 cm³/mol. The minimum atomic E-state index is -4.69. The summed E-state index contributed by atoms with van der Waals surface area (Å²) >= 11 is 0. The van der Waals surface area contributed by atoms with Gasteiger partial charge >= 0.3 is 13.3 Å². The minimum absolute atomic E-state index is 0.213. The van der Waals surface area contributed by atoms with E-state index in [-0.39, 0.29) is 11.6 Å². The Morgan fingerprint density at radius 1 is 1.38 bits per heavy atom. The molecular weight excluding hydrogens is 226 g/mol. The number of rotatable bonds is 2. The van der Waals surface area contributed by atoms with Crippen molar-refractivity contribution in [3.05, 3.63) is 5.69 Å². The Bertz CT molecular complexity index is 414. The third-order valence-electron chi connectivity index (χ3n) is 2.39. The van der Waals surface area contributed by atoms with Crippen LogP contribution in [-0.2, 0) is 6.18 Å². The highest BCUT2D eigenvalue weighted by Crippen LogP contribution is 2.37. The summed E-state index contributed by atoms with van der Waals surface area (Å²) < 4.78 is 38.4. The molecule has 1 heterocycles. The number of nitrogens with two attached hydrogens (primary N) is 1. The molecule has 0 radical (unpaired) electrons. The van der Waals surface area contributed by atoms with E-state index in [1.165, 1.54) is 0 Å². The average Bonchev–Trinajstić information content (AvgIpc) is 2.87. The second-order valence-electron chi connectivity index (χ2n) is 3.69. The van der Waals surface area contributed by atoms with Crippen LogP contribution in [0.15, 0.2) is 0 Å². The zero-order valence-electron chi connectivity index (χ0n) is 8.07. The van der Waals surface area contributed by atoms with E-state index < -0.39 is 24.7 Å². The van der Waals surface area contributed by atoms with Gasteiger partial charge < -0.3 is 15.8 Å². The summed E-state index contributed by atoms with van der Waals surface area (Å²) in [5.41, 5.74) is 2.88. The summed E-state index contributed by atoms with van der Waals surface area (Å²) in [6.45, 7) is 0. The van der Waals surface area contributed by atoms with Gasteiger partial charge in [0.1, 0.15) is 0 Å². The van der Waals surface area contributed by atoms with Gasteiger partial charge in [-0.15, -0.1) is 0 Å². The predicted octanol–water partition coefficient (Wildman–Crippen LogP) is -0.501. The molecule has 0 atom stereocenters. The Hall–Kier alpha value is -1.22. The Labute approximate surface area is 88.8 Å². The lowest BCUT2D eigenvalue weighted by molar-refractivity contribution is -0.140. The maximum absolute atomic E-state index is 12.5. The molecule has 16 heavy (non-hydrogen) atoms. The standard InChI is InChI=1S/C7H9BF3N3O2/c9-7(10,11)5-4(12)6(8(15)16)14(13-5)3-1-2-3/h3,15-16H,1-2,12H2. The minimum Gasteiger partial charge on any atom is -0.422 e. The maximum Gasteiger partial charge on any atom is 0.510 e. The van der Waals surface area contributed by atoms with Crippen molar-refractivity contribution in [3.8, 4) is 0 Å². The zero-order valence-corrected chi connectivity index (χ0v) is 8.07. The quantitative estimate of drug-likeness (QED) is 0.603. The molecule has 0 saturated heterocycles. The normalized spacial score (nSPS) is 16.6. The highest BCUT2D eigenvalue weighted by Gasteiger charge is 2.42. The molecule has 0 bridgehead atoms. The van der Waals surface area contributed by atoms with Crippen LogP contribution in [0.1, 0.15) is 24.6 Å². The molecule has 1 aromatic heterocycles. The van der Waals surface area contributed by atoms with E-state index in [4.69, 9.17) is 15.8 Å². The van der Waals surface area contributed by atoms with E-state index in [0.29, 0.717) is 12.8 Å². The Kier molecular flexibility index (Phi) is 2.39. The SMILES string of the molecule is Nc1c(C(F)(F)F)nn(C2CC2)c1B(O)O. The summed E-state index contributed by atoms with van der Waals surface area (Å²) in [4.78, 5) is 0. The monoisotopic (exact) mass is 235 g/mol. The lowest BCUT2D eigenvalue weighted by Gasteiger charge is -2.04. The van der Waals surface area contributed by atoms with Gasteiger partial charge in [0.15, 0.2) is 5.69 Å². The molecule has 2 rings (SSSR count). The van der Waals surface area contributed by atoms with Crippen LogP contribution in [0.25, 0.3) is 0 Å². The third kappa shape index (κ3) is 1.76. The van der Waals surface area contributed by atoms with Gasteiger partial charge in [0.05, 0.1) is 17.3 Å². The van der Waals surface area contributed by atoms with Crippen molar-refractivity contribution in [3.63, 3.8) is 0 Å². The summed E-state index contributed by atoms with van der Waals surface area (Å²) in [7, 11) is -2.05. The number of hydrogen-bond acceptors (Lipinski definition) is 4. The number of nitrogens with zero attached hydrogens (tertiary/aromatic N) is 2. The number of alkyl halides is 3. The van der Waals surface area contributed by atoms with E-state index in [1.54, 1.807) is 0 Å². The first-order valence-electron chi connectivity index (χ1n) is 4.63. The molecule has 1 aliphatic rings. The molecule has 4 N–H and O–H groups in total. The summed E-state index contributed by atoms with van der Waals surface area (Å²) in [6.07, 6.45) is -3.36. The fourth-order valence-corrected chi connectivity index (χ4v) is 1.52. The molecular formula is C7H9BF3N3O2. The van der Waals surface area contributed by atoms with Crippen LogP contribution in [0.5, 0.6) is 0 Å². The number of aromatic nitrogens is 2. The van der Waals surface area contributed by atoms with E-state index >= 15 is 0 Å². The first-order chi connectivity index (χ1) is 7.32. The molecule has 1 fully saturated rings. The number of anilines is 1. The van der Waals surface area contributed by atoms with Crippen molar-refractivity contribution in [1.82, 2.24) is 9.78 Å². The lowest BCUT2D eigenvalue weighted by Crippen LogP contribution is -2.38. The van der Waals surface area contributed by atoms with Crippen LogP contribution in [0.3, 0.4) is 0 Å². The molecule has 5 nitrogen and oxygen atoms in total. The lowest BCUT2D eigenvalue weighted by atomic mass is 9.84. The fourth-order valence-electron chi connectivity index (χ4n) is 1.52. The fraction of sp³-hybridized carbons (Fsp3) is 0.571. The summed E-state index contributed by atoms with van der Waals surface area (Å²) in [5.74, 6) is 0. The van der Waals surface area contributed by atoms with Gasteiger partial charge in [-0.05, 0) is 12.8 Å². The van der Waals surface area contributed by atoms with Crippen molar-refractivity contribution in [1.29, 1.82) is 0 Å². The average molecular weight is 235 g/mol. The number of nitrogen functional groups attached to an aromatic ring is 1. The molecule has 0 aromatic carbocycles. The molecule has 9 heteroatoms. The van der Waals surface area contributed by atoms with Crippen LogP contribution in [0.4, 0.5) is 18.9 Å². The molecule has 0 aliphatic heterocycles. The van der Waals surface area contributed by atoms with E-state index in [1.807, 2.05) is 0 Å². The molecule has 0 spiro atoms. The van der Waals surface area contributed by atoms with Crippen molar-refractivity contribution < 1.29 is 23.2 Å². The number of hydrogen-bond donors (Lipinski definition) is 3. The summed E-state index contributed by atoms with van der Waals surface area (Å²) in [6, 6.07) is -0.213. The highest BCUT2D eigenvalue weighted by atomic mass is 19.4. The van der Waals surface area contributed by atoms with Crippen molar-refractivity contribution in [2.45, 2.75) is 25.1 Å². The maximum atomic E-state index is 12.5. The van der Waals surface area contributed by atoms with Gasteiger partial charge in [0, 0.05) is 0 Å². The van der Waals surface area contributed by atoms with E-state index in [9.17, 15) is 13.2 Å². The smallest absolute Gasteiger partial charge is 0.422 e. The first-order valence-corrected chi connectivity index (χ1v) is 4.63. The van der Waals surface area contributed by atoms with E-state index in [0.717, 1.165) is 4.68 Å². The second-order valence-corrected chi connectivity index (χ2v) is 3.69. The second kappa shape index (κ2) is 3.39. The van der Waals surface area contributed by atoms with Crippen LogP contribution < -0.4 is 11.3 Å². The van der Waals surface area contributed by atoms with Gasteiger partial charge in [-0.1, -0.05) is 0 Å². The Balaban J connectivity index is 2.53. The van der Waals surface area contributed by atoms with Crippen molar-refractivity contribution in [2.75, 3.05) is 5.73 Å². The van der Waals surface area contributed by atoms with Gasteiger partial charge in [-0.25, -0.2) is 0 Å². The Morgan fingerprint density at radius 2 is 1.94 bits per heavy atom. The van der Waals surface area contributed by atoms with Crippen molar-refractivity contribution >= 4 is 18.4 Å². The van der Waals surface area contributed by atoms with Crippen LogP contribution in [0, 0.1) is 0 Å². The van der Waals surface area contributed by atoms with Crippen LogP contribution in [0.2, 0.25) is 0 Å². The Morgan fingerprint density at radius 3 is 2.31 bits per heavy atom. The van der Waals surface area contributed by atoms with Gasteiger partial charge in [0.25, 0.3) is 0 Å². The number of halogens is 3. The van der Waals surface area contributed by atoms with Gasteiger partial charge in [-0.2, -0.15) is 18.3 Å². The molecule has 88 valence electrons. The highest BCUT2D eigenvalue weighted by molar-refractivity contribution is 6.59. The third-order valence-corrected chi connectivity index (χ3v) is 2.39. The van der Waals surface area contributed by atoms with Crippen LogP contribution >= 0.6 is 0 Å². The van der Waals surface area contributed by atoms with Crippen molar-refractivity contribution in [2.24, 2.45) is 0 Å². The molecule has 1 aromatic rings. The molecule has 1 aliphatic carbocycles. The molecule has 0 unspecified atom stereocenters. The summed E-state index contributed by atoms with van der Waals surface area (Å²) in [5, 5.41) is 21.3. The van der Waals surface area contributed by atoms with Crippen LogP contribution in [-0.4, -0.2) is 26.9 Å². The largest absolute Gasteiger partial charge is 0.510 e. The molecule has 0 amide bonds. The van der Waals surface area contributed by atoms with Gasteiger partial charge in [0.2, 0.25) is 0 Å². The topological polar surface area (TPSA) is 84.3 Å². The zero-order chi connectivity index (χ0) is 12.1.